The van der Waals surface area contributed by atoms with E-state index in [4.69, 9.17) is 4.74 Å². The molecule has 0 aliphatic rings. The summed E-state index contributed by atoms with van der Waals surface area (Å²) in [5.41, 5.74) is 3.43. The summed E-state index contributed by atoms with van der Waals surface area (Å²) in [6, 6.07) is 27.7. The van der Waals surface area contributed by atoms with Gasteiger partial charge in [0, 0.05) is 30.3 Å². The molecule has 0 radical (unpaired) electrons. The topological polar surface area (TPSA) is 49.8 Å². The minimum atomic E-state index is -0.958. The molecule has 4 aromatic rings. The fourth-order valence-corrected chi connectivity index (χ4v) is 4.64. The summed E-state index contributed by atoms with van der Waals surface area (Å²) in [4.78, 5) is 14.3. The van der Waals surface area contributed by atoms with Crippen molar-refractivity contribution in [3.05, 3.63) is 125 Å². The molecule has 1 N–H and O–H groups in total. The molecule has 0 saturated carbocycles. The monoisotopic (exact) mass is 501 g/mol. The maximum absolute atomic E-state index is 14.7. The first-order valence-electron chi connectivity index (χ1n) is 12.1. The fourth-order valence-electron chi connectivity index (χ4n) is 4.64. The summed E-state index contributed by atoms with van der Waals surface area (Å²) in [5.74, 6) is -1.87. The Morgan fingerprint density at radius 3 is 2.19 bits per heavy atom. The van der Waals surface area contributed by atoms with Crippen molar-refractivity contribution in [2.45, 2.75) is 32.0 Å². The smallest absolute Gasteiger partial charge is 0.305 e. The van der Waals surface area contributed by atoms with Crippen LogP contribution in [0.5, 0.6) is 5.75 Å². The summed E-state index contributed by atoms with van der Waals surface area (Å²) < 4.78 is 33.8. The second-order valence-corrected chi connectivity index (χ2v) is 8.98. The van der Waals surface area contributed by atoms with Crippen LogP contribution in [0, 0.1) is 11.6 Å². The molecule has 0 amide bonds. The summed E-state index contributed by atoms with van der Waals surface area (Å²) in [6.45, 7) is 2.54. The number of methoxy groups -OCH3 is 1. The molecule has 0 aliphatic carbocycles. The molecule has 190 valence electrons. The highest BCUT2D eigenvalue weighted by Crippen LogP contribution is 2.38. The van der Waals surface area contributed by atoms with Crippen LogP contribution >= 0.6 is 0 Å². The third kappa shape index (κ3) is 6.40. The van der Waals surface area contributed by atoms with Crippen LogP contribution in [0.25, 0.3) is 11.1 Å². The average Bonchev–Trinajstić information content (AvgIpc) is 2.91. The highest BCUT2D eigenvalue weighted by molar-refractivity contribution is 5.70. The normalized spacial score (nSPS) is 12.8. The zero-order chi connectivity index (χ0) is 26.4. The largest absolute Gasteiger partial charge is 0.497 e. The van der Waals surface area contributed by atoms with E-state index in [1.54, 1.807) is 18.2 Å². The Morgan fingerprint density at radius 2 is 1.57 bits per heavy atom. The number of aliphatic carboxylic acids is 1. The maximum Gasteiger partial charge on any atom is 0.305 e. The van der Waals surface area contributed by atoms with E-state index in [1.807, 2.05) is 67.6 Å². The fraction of sp³-hybridized carbons (Fsp3) is 0.194. The van der Waals surface area contributed by atoms with Crippen LogP contribution in [0.2, 0.25) is 0 Å². The van der Waals surface area contributed by atoms with Crippen molar-refractivity contribution in [2.75, 3.05) is 7.11 Å². The van der Waals surface area contributed by atoms with Crippen LogP contribution in [0.15, 0.2) is 97.1 Å². The minimum absolute atomic E-state index is 0.136. The summed E-state index contributed by atoms with van der Waals surface area (Å²) in [5, 5.41) is 9.94. The second-order valence-electron chi connectivity index (χ2n) is 8.98. The van der Waals surface area contributed by atoms with E-state index < -0.39 is 23.6 Å². The van der Waals surface area contributed by atoms with E-state index in [2.05, 4.69) is 4.90 Å². The number of nitrogens with zero attached hydrogens (tertiary/aromatic N) is 1. The molecule has 4 aromatic carbocycles. The molecule has 2 atom stereocenters. The lowest BCUT2D eigenvalue weighted by Crippen LogP contribution is -2.32. The van der Waals surface area contributed by atoms with Crippen molar-refractivity contribution < 1.29 is 23.4 Å². The van der Waals surface area contributed by atoms with Crippen LogP contribution < -0.4 is 4.74 Å². The molecule has 4 rings (SSSR count). The molecule has 0 aliphatic heterocycles. The first-order valence-corrected chi connectivity index (χ1v) is 12.1. The van der Waals surface area contributed by atoms with Crippen molar-refractivity contribution >= 4 is 5.97 Å². The van der Waals surface area contributed by atoms with Crippen molar-refractivity contribution in [3.8, 4) is 16.9 Å². The van der Waals surface area contributed by atoms with Gasteiger partial charge in [0.2, 0.25) is 0 Å². The van der Waals surface area contributed by atoms with Crippen molar-refractivity contribution in [1.29, 1.82) is 0 Å². The molecule has 6 heteroatoms. The van der Waals surface area contributed by atoms with Gasteiger partial charge in [0.15, 0.2) is 0 Å². The maximum atomic E-state index is 14.7. The molecule has 4 nitrogen and oxygen atoms in total. The van der Waals surface area contributed by atoms with Gasteiger partial charge in [-0.2, -0.15) is 0 Å². The zero-order valence-corrected chi connectivity index (χ0v) is 20.8. The Labute approximate surface area is 215 Å². The van der Waals surface area contributed by atoms with E-state index in [0.717, 1.165) is 17.2 Å². The SMILES string of the molecule is COc1cc(-c2ccc(F)cc2F)cc(C(CC(=O)O)N(Cc2ccccc2)C(C)c2ccccc2)c1. The van der Waals surface area contributed by atoms with E-state index >= 15 is 0 Å². The van der Waals surface area contributed by atoms with Gasteiger partial charge in [-0.3, -0.25) is 9.69 Å². The van der Waals surface area contributed by atoms with Gasteiger partial charge in [0.05, 0.1) is 13.5 Å². The van der Waals surface area contributed by atoms with Crippen LogP contribution in [0.3, 0.4) is 0 Å². The lowest BCUT2D eigenvalue weighted by atomic mass is 9.93. The van der Waals surface area contributed by atoms with E-state index in [9.17, 15) is 18.7 Å². The molecule has 0 heterocycles. The summed E-state index contributed by atoms with van der Waals surface area (Å²) in [7, 11) is 1.50. The van der Waals surface area contributed by atoms with Gasteiger partial charge in [0.25, 0.3) is 0 Å². The highest BCUT2D eigenvalue weighted by atomic mass is 19.1. The summed E-state index contributed by atoms with van der Waals surface area (Å²) in [6.07, 6.45) is -0.178. The molecule has 0 bridgehead atoms. The molecule has 0 saturated heterocycles. The standard InChI is InChI=1S/C31H29F2NO3/c1-21(23-11-7-4-8-12-23)34(20-22-9-5-3-6-10-22)30(19-31(35)36)25-15-24(16-27(17-25)37-2)28-14-13-26(32)18-29(28)33/h3-18,21,30H,19-20H2,1-2H3,(H,35,36). The third-order valence-corrected chi connectivity index (χ3v) is 6.55. The number of carboxylic acids is 1. The molecule has 2 unspecified atom stereocenters. The quantitative estimate of drug-likeness (QED) is 0.246. The second kappa shape index (κ2) is 11.8. The number of benzene rings is 4. The van der Waals surface area contributed by atoms with E-state index in [-0.39, 0.29) is 18.0 Å². The number of rotatable bonds is 10. The molecule has 0 spiro atoms. The molecule has 0 aromatic heterocycles. The summed E-state index contributed by atoms with van der Waals surface area (Å²) >= 11 is 0. The molecular formula is C31H29F2NO3. The zero-order valence-electron chi connectivity index (χ0n) is 20.8. The first kappa shape index (κ1) is 26.0. The van der Waals surface area contributed by atoms with Crippen LogP contribution in [-0.4, -0.2) is 23.1 Å². The van der Waals surface area contributed by atoms with Crippen molar-refractivity contribution in [1.82, 2.24) is 4.90 Å². The van der Waals surface area contributed by atoms with Crippen LogP contribution in [0.1, 0.15) is 42.1 Å². The van der Waals surface area contributed by atoms with E-state index in [0.29, 0.717) is 23.4 Å². The average molecular weight is 502 g/mol. The number of hydrogen-bond donors (Lipinski definition) is 1. The van der Waals surface area contributed by atoms with Crippen LogP contribution in [-0.2, 0) is 11.3 Å². The Bertz CT molecular complexity index is 1350. The third-order valence-electron chi connectivity index (χ3n) is 6.55. The predicted octanol–water partition coefficient (Wildman–Crippen LogP) is 7.42. The number of halogens is 2. The number of carboxylic acid groups (broad SMARTS) is 1. The molecule has 0 fully saturated rings. The van der Waals surface area contributed by atoms with Gasteiger partial charge >= 0.3 is 5.97 Å². The Balaban J connectivity index is 1.86. The van der Waals surface area contributed by atoms with Gasteiger partial charge in [-0.1, -0.05) is 60.7 Å². The predicted molar refractivity (Wildman–Crippen MR) is 140 cm³/mol. The molecular weight excluding hydrogens is 472 g/mol. The van der Waals surface area contributed by atoms with Gasteiger partial charge in [-0.25, -0.2) is 8.78 Å². The van der Waals surface area contributed by atoms with Gasteiger partial charge < -0.3 is 9.84 Å². The number of carbonyl (C=O) groups is 1. The Morgan fingerprint density at radius 1 is 0.892 bits per heavy atom. The Kier molecular flexibility index (Phi) is 8.31. The van der Waals surface area contributed by atoms with Gasteiger partial charge in [0.1, 0.15) is 17.4 Å². The lowest BCUT2D eigenvalue weighted by molar-refractivity contribution is -0.138. The first-order chi connectivity index (χ1) is 17.9. The molecule has 37 heavy (non-hydrogen) atoms. The number of hydrogen-bond acceptors (Lipinski definition) is 3. The minimum Gasteiger partial charge on any atom is -0.497 e. The van der Waals surface area contributed by atoms with Gasteiger partial charge in [-0.15, -0.1) is 0 Å². The van der Waals surface area contributed by atoms with Crippen molar-refractivity contribution in [2.24, 2.45) is 0 Å². The van der Waals surface area contributed by atoms with E-state index in [1.165, 1.54) is 19.2 Å². The van der Waals surface area contributed by atoms with Gasteiger partial charge in [-0.05, 0) is 59.5 Å². The highest BCUT2D eigenvalue weighted by Gasteiger charge is 2.29. The van der Waals surface area contributed by atoms with Crippen LogP contribution in [0.4, 0.5) is 8.78 Å². The Hall–Kier alpha value is -4.03. The van der Waals surface area contributed by atoms with Crippen molar-refractivity contribution in [3.63, 3.8) is 0 Å². The number of ether oxygens (including phenoxy) is 1. The lowest BCUT2D eigenvalue weighted by Gasteiger charge is -2.37.